The summed E-state index contributed by atoms with van der Waals surface area (Å²) in [5.74, 6) is -0.980. The summed E-state index contributed by atoms with van der Waals surface area (Å²) < 4.78 is 55.0. The van der Waals surface area contributed by atoms with E-state index in [0.29, 0.717) is 16.9 Å². The Bertz CT molecular complexity index is 1250. The number of carbonyl (C=O) groups excluding carboxylic acids is 1. The summed E-state index contributed by atoms with van der Waals surface area (Å²) in [7, 11) is 1.53. The van der Waals surface area contributed by atoms with Crippen LogP contribution in [0.15, 0.2) is 59.5 Å². The molecule has 0 bridgehead atoms. The molecular weight excluding hydrogens is 414 g/mol. The number of anilines is 3. The number of nitrogens with zero attached hydrogens (tertiary/aromatic N) is 3. The van der Waals surface area contributed by atoms with Crippen molar-refractivity contribution in [2.24, 2.45) is 7.05 Å². The number of carbonyl (C=O) groups is 1. The number of halogens is 4. The first-order valence-corrected chi connectivity index (χ1v) is 9.30. The van der Waals surface area contributed by atoms with E-state index in [-0.39, 0.29) is 23.5 Å². The van der Waals surface area contributed by atoms with Gasteiger partial charge in [-0.15, -0.1) is 0 Å². The molecule has 0 saturated heterocycles. The average molecular weight is 431 g/mol. The molecule has 5 nitrogen and oxygen atoms in total. The van der Waals surface area contributed by atoms with Crippen LogP contribution in [-0.2, 0) is 13.2 Å². The van der Waals surface area contributed by atoms with Gasteiger partial charge in [0.25, 0.3) is 5.91 Å². The van der Waals surface area contributed by atoms with Crippen molar-refractivity contribution < 1.29 is 22.4 Å². The summed E-state index contributed by atoms with van der Waals surface area (Å²) in [5, 5.41) is 0. The van der Waals surface area contributed by atoms with Crippen molar-refractivity contribution in [3.8, 4) is 0 Å². The summed E-state index contributed by atoms with van der Waals surface area (Å²) in [6, 6.07) is 9.65. The molecule has 0 unspecified atom stereocenters. The normalized spacial score (nSPS) is 14.1. The topological polar surface area (TPSA) is 45.5 Å². The predicted molar refractivity (Wildman–Crippen MR) is 108 cm³/mol. The third kappa shape index (κ3) is 3.67. The second-order valence-electron chi connectivity index (χ2n) is 7.30. The quantitative estimate of drug-likeness (QED) is 0.557. The Labute approximate surface area is 174 Å². The van der Waals surface area contributed by atoms with E-state index in [4.69, 9.17) is 0 Å². The molecule has 0 aliphatic carbocycles. The SMILES string of the molecule is Cc1cc(F)ccc1N1CN(c2ccc(=O)n(C)c2)C(=O)c2ccc(C(F)(F)F)cc21. The standard InChI is InChI=1S/C22H17F4N3O2/c1-13-9-15(23)4-7-18(13)29-12-28(16-5-8-20(30)27(2)11-16)21(31)17-6-3-14(10-19(17)29)22(24,25)26/h3-11H,12H2,1-2H3. The number of pyridine rings is 1. The number of rotatable bonds is 2. The molecule has 9 heteroatoms. The average Bonchev–Trinajstić information content (AvgIpc) is 2.70. The molecule has 4 rings (SSSR count). The summed E-state index contributed by atoms with van der Waals surface area (Å²) in [6.45, 7) is 1.52. The van der Waals surface area contributed by atoms with Crippen molar-refractivity contribution in [3.63, 3.8) is 0 Å². The summed E-state index contributed by atoms with van der Waals surface area (Å²) in [5.41, 5.74) is 0.353. The fourth-order valence-electron chi connectivity index (χ4n) is 3.60. The van der Waals surface area contributed by atoms with Crippen LogP contribution >= 0.6 is 0 Å². The van der Waals surface area contributed by atoms with Crippen LogP contribution in [0.2, 0.25) is 0 Å². The zero-order valence-corrected chi connectivity index (χ0v) is 16.6. The van der Waals surface area contributed by atoms with Crippen LogP contribution in [0.3, 0.4) is 0 Å². The van der Waals surface area contributed by atoms with Crippen molar-refractivity contribution in [2.75, 3.05) is 16.5 Å². The van der Waals surface area contributed by atoms with Gasteiger partial charge in [-0.2, -0.15) is 13.2 Å². The molecule has 0 N–H and O–H groups in total. The molecule has 2 aromatic carbocycles. The highest BCUT2D eigenvalue weighted by molar-refractivity contribution is 6.12. The van der Waals surface area contributed by atoms with E-state index < -0.39 is 23.5 Å². The lowest BCUT2D eigenvalue weighted by molar-refractivity contribution is -0.137. The van der Waals surface area contributed by atoms with Crippen LogP contribution < -0.4 is 15.4 Å². The van der Waals surface area contributed by atoms with Gasteiger partial charge in [0.15, 0.2) is 0 Å². The smallest absolute Gasteiger partial charge is 0.322 e. The Balaban J connectivity index is 1.91. The maximum atomic E-state index is 13.7. The van der Waals surface area contributed by atoms with E-state index in [0.717, 1.165) is 18.2 Å². The minimum Gasteiger partial charge on any atom is -0.322 e. The summed E-state index contributed by atoms with van der Waals surface area (Å²) in [6.07, 6.45) is -3.11. The monoisotopic (exact) mass is 431 g/mol. The second kappa shape index (κ2) is 7.26. The van der Waals surface area contributed by atoms with Crippen molar-refractivity contribution in [3.05, 3.63) is 87.6 Å². The molecule has 1 aromatic heterocycles. The predicted octanol–water partition coefficient (Wildman–Crippen LogP) is 4.61. The molecule has 0 radical (unpaired) electrons. The van der Waals surface area contributed by atoms with Gasteiger partial charge in [0.2, 0.25) is 5.56 Å². The molecule has 1 aliphatic heterocycles. The van der Waals surface area contributed by atoms with Gasteiger partial charge in [-0.1, -0.05) is 0 Å². The lowest BCUT2D eigenvalue weighted by Crippen LogP contribution is -2.45. The van der Waals surface area contributed by atoms with Gasteiger partial charge in [-0.25, -0.2) is 4.39 Å². The Morgan fingerprint density at radius 3 is 2.29 bits per heavy atom. The number of aromatic nitrogens is 1. The third-order valence-electron chi connectivity index (χ3n) is 5.21. The number of benzene rings is 2. The van der Waals surface area contributed by atoms with Crippen LogP contribution in [-0.4, -0.2) is 17.1 Å². The van der Waals surface area contributed by atoms with Gasteiger partial charge in [-0.3, -0.25) is 14.5 Å². The number of amides is 1. The molecule has 0 atom stereocenters. The number of hydrogen-bond donors (Lipinski definition) is 0. The zero-order chi connectivity index (χ0) is 22.5. The van der Waals surface area contributed by atoms with E-state index in [2.05, 4.69) is 0 Å². The number of hydrogen-bond acceptors (Lipinski definition) is 3. The van der Waals surface area contributed by atoms with Gasteiger partial charge in [0.05, 0.1) is 22.5 Å². The van der Waals surface area contributed by atoms with Crippen LogP contribution in [0.1, 0.15) is 21.5 Å². The number of alkyl halides is 3. The highest BCUT2D eigenvalue weighted by Gasteiger charge is 2.36. The first-order valence-electron chi connectivity index (χ1n) is 9.30. The Morgan fingerprint density at radius 1 is 0.903 bits per heavy atom. The maximum absolute atomic E-state index is 13.7. The van der Waals surface area contributed by atoms with E-state index >= 15 is 0 Å². The largest absolute Gasteiger partial charge is 0.416 e. The highest BCUT2D eigenvalue weighted by atomic mass is 19.4. The van der Waals surface area contributed by atoms with Crippen LogP contribution in [0.25, 0.3) is 0 Å². The van der Waals surface area contributed by atoms with E-state index in [9.17, 15) is 27.2 Å². The van der Waals surface area contributed by atoms with E-state index in [1.54, 1.807) is 6.92 Å². The van der Waals surface area contributed by atoms with E-state index in [1.165, 1.54) is 57.9 Å². The van der Waals surface area contributed by atoms with E-state index in [1.807, 2.05) is 0 Å². The molecule has 0 saturated carbocycles. The fourth-order valence-corrected chi connectivity index (χ4v) is 3.60. The first kappa shape index (κ1) is 20.6. The second-order valence-corrected chi connectivity index (χ2v) is 7.30. The Kier molecular flexibility index (Phi) is 4.83. The highest BCUT2D eigenvalue weighted by Crippen LogP contribution is 2.40. The van der Waals surface area contributed by atoms with Gasteiger partial charge < -0.3 is 9.47 Å². The molecule has 3 aromatic rings. The van der Waals surface area contributed by atoms with Crippen molar-refractivity contribution in [1.82, 2.24) is 4.57 Å². The van der Waals surface area contributed by atoms with Gasteiger partial charge in [-0.05, 0) is 55.0 Å². The zero-order valence-electron chi connectivity index (χ0n) is 16.6. The van der Waals surface area contributed by atoms with Crippen molar-refractivity contribution in [2.45, 2.75) is 13.1 Å². The maximum Gasteiger partial charge on any atom is 0.416 e. The minimum atomic E-state index is -4.59. The van der Waals surface area contributed by atoms with Crippen molar-refractivity contribution >= 4 is 23.0 Å². The molecular formula is C22H17F4N3O2. The van der Waals surface area contributed by atoms with Gasteiger partial charge in [0.1, 0.15) is 12.5 Å². The molecule has 0 fully saturated rings. The van der Waals surface area contributed by atoms with Crippen LogP contribution in [0.4, 0.5) is 34.6 Å². The number of fused-ring (bicyclic) bond motifs is 1. The molecule has 1 amide bonds. The molecule has 0 spiro atoms. The van der Waals surface area contributed by atoms with Crippen LogP contribution in [0.5, 0.6) is 0 Å². The fraction of sp³-hybridized carbons (Fsp3) is 0.182. The summed E-state index contributed by atoms with van der Waals surface area (Å²) >= 11 is 0. The Morgan fingerprint density at radius 2 is 1.65 bits per heavy atom. The first-order chi connectivity index (χ1) is 14.6. The lowest BCUT2D eigenvalue weighted by Gasteiger charge is -2.39. The lowest BCUT2D eigenvalue weighted by atomic mass is 10.0. The van der Waals surface area contributed by atoms with Gasteiger partial charge in [0, 0.05) is 25.0 Å². The third-order valence-corrected chi connectivity index (χ3v) is 5.21. The Hall–Kier alpha value is -3.62. The molecule has 2 heterocycles. The molecule has 1 aliphatic rings. The van der Waals surface area contributed by atoms with Gasteiger partial charge >= 0.3 is 6.18 Å². The molecule has 31 heavy (non-hydrogen) atoms. The molecule has 160 valence electrons. The number of aryl methyl sites for hydroxylation is 2. The van der Waals surface area contributed by atoms with Crippen molar-refractivity contribution in [1.29, 1.82) is 0 Å². The minimum absolute atomic E-state index is 0.0665. The van der Waals surface area contributed by atoms with Crippen LogP contribution in [0, 0.1) is 12.7 Å². The summed E-state index contributed by atoms with van der Waals surface area (Å²) in [4.78, 5) is 27.8.